The molecule has 0 aliphatic heterocycles. The molecule has 19 heavy (non-hydrogen) atoms. The Hall–Kier alpha value is -0.890. The van der Waals surface area contributed by atoms with Crippen molar-refractivity contribution in [1.29, 1.82) is 0 Å². The molecule has 1 heterocycles. The van der Waals surface area contributed by atoms with Gasteiger partial charge >= 0.3 is 0 Å². The second-order valence-electron chi connectivity index (χ2n) is 5.94. The second-order valence-corrected chi connectivity index (χ2v) is 5.94. The van der Waals surface area contributed by atoms with Gasteiger partial charge in [0.2, 0.25) is 0 Å². The Morgan fingerprint density at radius 1 is 1.21 bits per heavy atom. The summed E-state index contributed by atoms with van der Waals surface area (Å²) in [7, 11) is 0. The minimum Gasteiger partial charge on any atom is -0.310 e. The molecule has 0 aromatic carbocycles. The third kappa shape index (κ3) is 4.61. The minimum atomic E-state index is 0.487. The van der Waals surface area contributed by atoms with E-state index in [0.717, 1.165) is 18.2 Å². The van der Waals surface area contributed by atoms with E-state index in [4.69, 9.17) is 0 Å². The van der Waals surface area contributed by atoms with Crippen LogP contribution >= 0.6 is 0 Å². The van der Waals surface area contributed by atoms with Crippen LogP contribution in [0.15, 0.2) is 18.3 Å². The van der Waals surface area contributed by atoms with Crippen LogP contribution in [0.2, 0.25) is 0 Å². The monoisotopic (exact) mass is 260 g/mol. The summed E-state index contributed by atoms with van der Waals surface area (Å²) in [5.74, 6) is 0.896. The highest BCUT2D eigenvalue weighted by Gasteiger charge is 2.19. The lowest BCUT2D eigenvalue weighted by Gasteiger charge is -2.23. The summed E-state index contributed by atoms with van der Waals surface area (Å²) in [6, 6.07) is 4.86. The molecule has 2 heteroatoms. The molecule has 1 aromatic heterocycles. The molecule has 0 amide bonds. The maximum absolute atomic E-state index is 4.45. The van der Waals surface area contributed by atoms with Gasteiger partial charge in [-0.1, -0.05) is 51.5 Å². The number of nitrogens with zero attached hydrogens (tertiary/aromatic N) is 1. The van der Waals surface area contributed by atoms with Gasteiger partial charge in [0.05, 0.1) is 0 Å². The van der Waals surface area contributed by atoms with Crippen LogP contribution in [-0.2, 0) is 0 Å². The van der Waals surface area contributed by atoms with Gasteiger partial charge in [-0.2, -0.15) is 0 Å². The Labute approximate surface area is 118 Å². The van der Waals surface area contributed by atoms with Crippen LogP contribution in [0.5, 0.6) is 0 Å². The molecule has 106 valence electrons. The third-order valence-corrected chi connectivity index (χ3v) is 4.33. The van der Waals surface area contributed by atoms with Gasteiger partial charge in [0, 0.05) is 17.9 Å². The van der Waals surface area contributed by atoms with Gasteiger partial charge in [0.15, 0.2) is 0 Å². The third-order valence-electron chi connectivity index (χ3n) is 4.33. The summed E-state index contributed by atoms with van der Waals surface area (Å²) in [6.07, 6.45) is 11.9. The highest BCUT2D eigenvalue weighted by molar-refractivity contribution is 5.17. The van der Waals surface area contributed by atoms with E-state index >= 15 is 0 Å². The van der Waals surface area contributed by atoms with E-state index in [1.807, 2.05) is 0 Å². The molecular weight excluding hydrogens is 232 g/mol. The summed E-state index contributed by atoms with van der Waals surface area (Å²) < 4.78 is 0. The van der Waals surface area contributed by atoms with Gasteiger partial charge < -0.3 is 5.32 Å². The van der Waals surface area contributed by atoms with Crippen LogP contribution < -0.4 is 5.32 Å². The molecule has 1 aliphatic rings. The average Bonchev–Trinajstić information content (AvgIpc) is 2.68. The van der Waals surface area contributed by atoms with Crippen LogP contribution in [0.25, 0.3) is 0 Å². The van der Waals surface area contributed by atoms with Crippen molar-refractivity contribution in [3.8, 4) is 0 Å². The van der Waals surface area contributed by atoms with Crippen LogP contribution in [-0.4, -0.2) is 11.5 Å². The van der Waals surface area contributed by atoms with E-state index < -0.39 is 0 Å². The highest BCUT2D eigenvalue weighted by atomic mass is 14.9. The van der Waals surface area contributed by atoms with Gasteiger partial charge in [-0.3, -0.25) is 4.98 Å². The Kier molecular flexibility index (Phi) is 5.84. The fraction of sp³-hybridized carbons (Fsp3) is 0.706. The Morgan fingerprint density at radius 3 is 2.53 bits per heavy atom. The molecule has 2 rings (SSSR count). The maximum atomic E-state index is 4.45. The number of hydrogen-bond donors (Lipinski definition) is 1. The first-order chi connectivity index (χ1) is 9.29. The van der Waals surface area contributed by atoms with Gasteiger partial charge in [-0.15, -0.1) is 0 Å². The first-order valence-electron chi connectivity index (χ1n) is 7.95. The van der Waals surface area contributed by atoms with Crippen LogP contribution in [0.1, 0.15) is 69.2 Å². The molecule has 0 bridgehead atoms. The zero-order valence-electron chi connectivity index (χ0n) is 12.5. The molecule has 0 radical (unpaired) electrons. The normalized spacial score (nSPS) is 19.1. The van der Waals surface area contributed by atoms with Crippen LogP contribution in [0, 0.1) is 12.8 Å². The van der Waals surface area contributed by atoms with Crippen molar-refractivity contribution in [1.82, 2.24) is 10.3 Å². The smallest absolute Gasteiger partial charge is 0.0372 e. The summed E-state index contributed by atoms with van der Waals surface area (Å²) in [5, 5.41) is 3.65. The first-order valence-corrected chi connectivity index (χ1v) is 7.95. The lowest BCUT2D eigenvalue weighted by Crippen LogP contribution is -2.23. The average molecular weight is 260 g/mol. The minimum absolute atomic E-state index is 0.487. The molecule has 0 spiro atoms. The summed E-state index contributed by atoms with van der Waals surface area (Å²) in [4.78, 5) is 4.45. The number of hydrogen-bond acceptors (Lipinski definition) is 2. The Balaban J connectivity index is 2.00. The standard InChI is InChI=1S/C17H28N2/c1-3-18-17(16-11-10-14(2)19-13-16)12-15-8-6-4-5-7-9-15/h10-11,13,15,17-18H,3-9,12H2,1-2H3. The van der Waals surface area contributed by atoms with E-state index in [1.165, 1.54) is 50.5 Å². The fourth-order valence-corrected chi connectivity index (χ4v) is 3.20. The SMILES string of the molecule is CCNC(CC1CCCCCC1)c1ccc(C)nc1. The van der Waals surface area contributed by atoms with Crippen molar-refractivity contribution in [2.75, 3.05) is 6.54 Å². The van der Waals surface area contributed by atoms with E-state index in [2.05, 4.69) is 42.5 Å². The van der Waals surface area contributed by atoms with E-state index in [-0.39, 0.29) is 0 Å². The number of nitrogens with one attached hydrogen (secondary N) is 1. The molecule has 1 N–H and O–H groups in total. The van der Waals surface area contributed by atoms with Crippen molar-refractivity contribution in [3.05, 3.63) is 29.6 Å². The summed E-state index contributed by atoms with van der Waals surface area (Å²) in [5.41, 5.74) is 2.46. The lowest BCUT2D eigenvalue weighted by atomic mass is 9.90. The molecule has 1 fully saturated rings. The second kappa shape index (κ2) is 7.64. The first kappa shape index (κ1) is 14.5. The van der Waals surface area contributed by atoms with Gasteiger partial charge in [0.25, 0.3) is 0 Å². The Morgan fingerprint density at radius 2 is 1.95 bits per heavy atom. The van der Waals surface area contributed by atoms with Gasteiger partial charge in [-0.25, -0.2) is 0 Å². The zero-order valence-corrected chi connectivity index (χ0v) is 12.5. The Bertz CT molecular complexity index is 350. The predicted octanol–water partition coefficient (Wildman–Crippen LogP) is 4.40. The quantitative estimate of drug-likeness (QED) is 0.794. The van der Waals surface area contributed by atoms with Gasteiger partial charge in [-0.05, 0) is 37.4 Å². The van der Waals surface area contributed by atoms with Gasteiger partial charge in [0.1, 0.15) is 0 Å². The molecule has 0 saturated heterocycles. The van der Waals surface area contributed by atoms with Crippen LogP contribution in [0.4, 0.5) is 0 Å². The number of aryl methyl sites for hydroxylation is 1. The number of rotatable bonds is 5. The van der Waals surface area contributed by atoms with E-state index in [0.29, 0.717) is 6.04 Å². The molecule has 1 atom stereocenters. The van der Waals surface area contributed by atoms with E-state index in [9.17, 15) is 0 Å². The molecular formula is C17H28N2. The van der Waals surface area contributed by atoms with Crippen molar-refractivity contribution in [2.45, 2.75) is 64.8 Å². The molecule has 1 aromatic rings. The largest absolute Gasteiger partial charge is 0.310 e. The molecule has 1 aliphatic carbocycles. The number of pyridine rings is 1. The molecule has 1 saturated carbocycles. The summed E-state index contributed by atoms with van der Waals surface area (Å²) in [6.45, 7) is 5.28. The highest BCUT2D eigenvalue weighted by Crippen LogP contribution is 2.30. The topological polar surface area (TPSA) is 24.9 Å². The predicted molar refractivity (Wildman–Crippen MR) is 81.2 cm³/mol. The lowest BCUT2D eigenvalue weighted by molar-refractivity contribution is 0.359. The summed E-state index contributed by atoms with van der Waals surface area (Å²) >= 11 is 0. The van der Waals surface area contributed by atoms with Crippen molar-refractivity contribution < 1.29 is 0 Å². The fourth-order valence-electron chi connectivity index (χ4n) is 3.20. The van der Waals surface area contributed by atoms with Crippen molar-refractivity contribution >= 4 is 0 Å². The van der Waals surface area contributed by atoms with Crippen LogP contribution in [0.3, 0.4) is 0 Å². The van der Waals surface area contributed by atoms with Crippen molar-refractivity contribution in [2.24, 2.45) is 5.92 Å². The molecule has 2 nitrogen and oxygen atoms in total. The van der Waals surface area contributed by atoms with E-state index in [1.54, 1.807) is 0 Å². The number of aromatic nitrogens is 1. The maximum Gasteiger partial charge on any atom is 0.0372 e. The zero-order chi connectivity index (χ0) is 13.5. The van der Waals surface area contributed by atoms with Crippen molar-refractivity contribution in [3.63, 3.8) is 0 Å². The molecule has 1 unspecified atom stereocenters.